The van der Waals surface area contributed by atoms with Gasteiger partial charge in [-0.3, -0.25) is 0 Å². The number of rotatable bonds is 15. The quantitative estimate of drug-likeness (QED) is 0.0830. The first-order valence-corrected chi connectivity index (χ1v) is 17.0. The molecule has 12 nitrogen and oxygen atoms in total. The number of unbranched alkanes of at least 4 members (excludes halogenated alkanes) is 2. The molecule has 0 radical (unpaired) electrons. The van der Waals surface area contributed by atoms with Crippen molar-refractivity contribution in [2.24, 2.45) is 10.2 Å². The third-order valence-corrected chi connectivity index (χ3v) is 8.96. The van der Waals surface area contributed by atoms with Gasteiger partial charge in [0, 0.05) is 39.5 Å². The van der Waals surface area contributed by atoms with Crippen LogP contribution in [0.15, 0.2) is 46.6 Å². The maximum atomic E-state index is 10.1. The predicted octanol–water partition coefficient (Wildman–Crippen LogP) is 8.61. The van der Waals surface area contributed by atoms with Crippen LogP contribution < -0.4 is 15.5 Å². The zero-order chi connectivity index (χ0) is 34.2. The smallest absolute Gasteiger partial charge is 0.233 e. The summed E-state index contributed by atoms with van der Waals surface area (Å²) in [6.45, 7) is 12.2. The van der Waals surface area contributed by atoms with Crippen molar-refractivity contribution in [2.75, 3.05) is 49.4 Å². The second-order valence-electron chi connectivity index (χ2n) is 11.8. The molecule has 0 aliphatic rings. The second-order valence-corrected chi connectivity index (χ2v) is 12.8. The highest BCUT2D eigenvalue weighted by Gasteiger charge is 2.22. The summed E-state index contributed by atoms with van der Waals surface area (Å²) in [6, 6.07) is 14.5. The van der Waals surface area contributed by atoms with Gasteiger partial charge in [0.1, 0.15) is 11.6 Å². The highest BCUT2D eigenvalue weighted by atomic mass is 32.1. The Hall–Kier alpha value is -4.93. The third-order valence-electron chi connectivity index (χ3n) is 7.95. The molecule has 0 aliphatic heterocycles. The minimum atomic E-state index is 0.198. The van der Waals surface area contributed by atoms with Gasteiger partial charge in [-0.2, -0.15) is 15.2 Å². The first kappa shape index (κ1) is 34.4. The summed E-state index contributed by atoms with van der Waals surface area (Å²) in [5.41, 5.74) is 6.80. The van der Waals surface area contributed by atoms with Gasteiger partial charge in [-0.25, -0.2) is 9.67 Å². The number of nitrogens with one attached hydrogen (secondary N) is 2. The molecule has 250 valence electrons. The summed E-state index contributed by atoms with van der Waals surface area (Å²) in [4.78, 5) is 16.7. The Kier molecular flexibility index (Phi) is 11.3. The molecular weight excluding hydrogens is 623 g/mol. The highest BCUT2D eigenvalue weighted by molar-refractivity contribution is 7.20. The Morgan fingerprint density at radius 3 is 2.29 bits per heavy atom. The molecule has 0 spiro atoms. The Morgan fingerprint density at radius 2 is 1.65 bits per heavy atom. The fourth-order valence-electron chi connectivity index (χ4n) is 5.66. The molecule has 0 unspecified atom stereocenters. The van der Waals surface area contributed by atoms with Crippen LogP contribution in [0.3, 0.4) is 0 Å². The molecule has 3 heterocycles. The summed E-state index contributed by atoms with van der Waals surface area (Å²) in [7, 11) is 3.66. The van der Waals surface area contributed by atoms with E-state index in [0.29, 0.717) is 59.4 Å². The van der Waals surface area contributed by atoms with E-state index < -0.39 is 0 Å². The normalized spacial score (nSPS) is 11.4. The maximum absolute atomic E-state index is 10.1. The van der Waals surface area contributed by atoms with E-state index in [4.69, 9.17) is 19.7 Å². The molecule has 0 bridgehead atoms. The van der Waals surface area contributed by atoms with Gasteiger partial charge in [0.25, 0.3) is 0 Å². The van der Waals surface area contributed by atoms with Crippen LogP contribution in [-0.2, 0) is 4.74 Å². The lowest BCUT2D eigenvalue weighted by Gasteiger charge is -2.24. The number of aromatic nitrogens is 5. The van der Waals surface area contributed by atoms with E-state index in [2.05, 4.69) is 71.9 Å². The van der Waals surface area contributed by atoms with Crippen molar-refractivity contribution in [2.45, 2.75) is 60.3 Å². The van der Waals surface area contributed by atoms with Gasteiger partial charge in [-0.1, -0.05) is 60.9 Å². The summed E-state index contributed by atoms with van der Waals surface area (Å²) in [6.07, 6.45) is 3.92. The van der Waals surface area contributed by atoms with E-state index in [9.17, 15) is 5.26 Å². The molecule has 0 aliphatic carbocycles. The van der Waals surface area contributed by atoms with E-state index in [-0.39, 0.29) is 5.82 Å². The molecule has 0 saturated heterocycles. The molecule has 48 heavy (non-hydrogen) atoms. The van der Waals surface area contributed by atoms with E-state index in [1.165, 1.54) is 16.9 Å². The number of hydrogen-bond acceptors (Lipinski definition) is 12. The van der Waals surface area contributed by atoms with Gasteiger partial charge in [0.05, 0.1) is 15.9 Å². The van der Waals surface area contributed by atoms with E-state index in [0.717, 1.165) is 52.7 Å². The standard InChI is InChI=1S/C35H43N11OS/c1-8-9-12-16-37-32-29(42-43-31-26(21-36)25(5)46(44-31)35-39-27-14-10-11-15-28(27)48-35)33(38-17-13-18-47-7)41-34(40-32)45(6)30-23(3)19-22(2)20-24(30)4/h10-11,14-15,19-20H,8-9,12-13,16-18H2,1-7H3,(H2,37,38,40,41). The van der Waals surface area contributed by atoms with E-state index >= 15 is 0 Å². The molecule has 0 fully saturated rings. The number of para-hydroxylation sites is 1. The molecule has 2 aromatic carbocycles. The van der Waals surface area contributed by atoms with Gasteiger partial charge in [0.2, 0.25) is 16.9 Å². The average Bonchev–Trinajstić information content (AvgIpc) is 3.63. The number of nitriles is 1. The Morgan fingerprint density at radius 1 is 0.958 bits per heavy atom. The number of thiazole rings is 1. The lowest BCUT2D eigenvalue weighted by Crippen LogP contribution is -2.18. The summed E-state index contributed by atoms with van der Waals surface area (Å²) in [5, 5.41) is 31.6. The minimum absolute atomic E-state index is 0.198. The Labute approximate surface area is 285 Å². The maximum Gasteiger partial charge on any atom is 0.233 e. The monoisotopic (exact) mass is 665 g/mol. The first-order valence-electron chi connectivity index (χ1n) is 16.2. The highest BCUT2D eigenvalue weighted by Crippen LogP contribution is 2.38. The SMILES string of the molecule is CCCCCNc1nc(N(C)c2c(C)cc(C)cc2C)nc(NCCCOC)c1N=Nc1nn(-c2nc3ccccc3s2)c(C)c1C#N. The van der Waals surface area contributed by atoms with Crippen molar-refractivity contribution in [1.29, 1.82) is 5.26 Å². The average molecular weight is 666 g/mol. The van der Waals surface area contributed by atoms with Crippen molar-refractivity contribution >= 4 is 56.3 Å². The zero-order valence-electron chi connectivity index (χ0n) is 28.8. The molecule has 5 rings (SSSR count). The molecular formula is C35H43N11OS. The number of fused-ring (bicyclic) bond motifs is 1. The van der Waals surface area contributed by atoms with Crippen LogP contribution in [0.1, 0.15) is 60.6 Å². The Bertz CT molecular complexity index is 1870. The minimum Gasteiger partial charge on any atom is -0.385 e. The van der Waals surface area contributed by atoms with Crippen LogP contribution >= 0.6 is 11.3 Å². The van der Waals surface area contributed by atoms with Gasteiger partial charge >= 0.3 is 0 Å². The van der Waals surface area contributed by atoms with Gasteiger partial charge in [-0.15, -0.1) is 15.3 Å². The van der Waals surface area contributed by atoms with Gasteiger partial charge < -0.3 is 20.3 Å². The summed E-state index contributed by atoms with van der Waals surface area (Å²) >= 11 is 1.50. The van der Waals surface area contributed by atoms with Crippen molar-refractivity contribution in [3.8, 4) is 11.2 Å². The molecule has 3 aromatic heterocycles. The molecule has 13 heteroatoms. The fraction of sp³-hybridized carbons (Fsp3) is 0.400. The lowest BCUT2D eigenvalue weighted by atomic mass is 10.0. The Balaban J connectivity index is 1.59. The number of azo groups is 1. The fourth-order valence-corrected chi connectivity index (χ4v) is 6.63. The predicted molar refractivity (Wildman–Crippen MR) is 194 cm³/mol. The topological polar surface area (TPSA) is 142 Å². The lowest BCUT2D eigenvalue weighted by molar-refractivity contribution is 0.198. The number of methoxy groups -OCH3 is 1. The third kappa shape index (κ3) is 7.61. The van der Waals surface area contributed by atoms with Crippen LogP contribution in [0.25, 0.3) is 15.3 Å². The van der Waals surface area contributed by atoms with Crippen LogP contribution in [0, 0.1) is 39.0 Å². The van der Waals surface area contributed by atoms with Crippen molar-refractivity contribution < 1.29 is 4.74 Å². The summed E-state index contributed by atoms with van der Waals surface area (Å²) in [5.74, 6) is 1.78. The van der Waals surface area contributed by atoms with Crippen LogP contribution in [0.5, 0.6) is 0 Å². The number of ether oxygens (including phenoxy) is 1. The summed E-state index contributed by atoms with van der Waals surface area (Å²) < 4.78 is 7.98. The number of anilines is 4. The van der Waals surface area contributed by atoms with Crippen LogP contribution in [0.4, 0.5) is 34.8 Å². The van der Waals surface area contributed by atoms with Crippen molar-refractivity contribution in [3.05, 3.63) is 64.3 Å². The van der Waals surface area contributed by atoms with E-state index in [1.807, 2.05) is 43.1 Å². The largest absolute Gasteiger partial charge is 0.385 e. The molecule has 0 saturated carbocycles. The molecule has 0 amide bonds. The number of benzene rings is 2. The zero-order valence-corrected chi connectivity index (χ0v) is 29.6. The molecule has 0 atom stereocenters. The van der Waals surface area contributed by atoms with Crippen LogP contribution in [0.2, 0.25) is 0 Å². The van der Waals surface area contributed by atoms with E-state index in [1.54, 1.807) is 11.8 Å². The van der Waals surface area contributed by atoms with Crippen LogP contribution in [-0.4, -0.2) is 58.6 Å². The molecule has 5 aromatic rings. The van der Waals surface area contributed by atoms with Crippen molar-refractivity contribution in [3.63, 3.8) is 0 Å². The molecule has 2 N–H and O–H groups in total. The van der Waals surface area contributed by atoms with Crippen molar-refractivity contribution in [1.82, 2.24) is 24.7 Å². The number of hydrogen-bond donors (Lipinski definition) is 2. The second kappa shape index (κ2) is 15.8. The van der Waals surface area contributed by atoms with Gasteiger partial charge in [-0.05, 0) is 63.8 Å². The number of nitrogens with zero attached hydrogens (tertiary/aromatic N) is 9. The first-order chi connectivity index (χ1) is 23.2. The van der Waals surface area contributed by atoms with Gasteiger partial charge in [0.15, 0.2) is 17.3 Å². The number of aryl methyl sites for hydroxylation is 3.